The van der Waals surface area contributed by atoms with Crippen LogP contribution < -0.4 is 10.6 Å². The second-order valence-corrected chi connectivity index (χ2v) is 5.97. The molecule has 0 saturated heterocycles. The Labute approximate surface area is 113 Å². The van der Waals surface area contributed by atoms with E-state index in [9.17, 15) is 4.79 Å². The minimum atomic E-state index is 0.101. The van der Waals surface area contributed by atoms with Crippen LogP contribution in [0.1, 0.15) is 45.8 Å². The lowest BCUT2D eigenvalue weighted by molar-refractivity contribution is 0.0957. The van der Waals surface area contributed by atoms with Gasteiger partial charge in [0.25, 0.3) is 5.91 Å². The summed E-state index contributed by atoms with van der Waals surface area (Å²) in [5, 5.41) is 6.07. The normalized spacial score (nSPS) is 14.9. The third kappa shape index (κ3) is 3.56. The van der Waals surface area contributed by atoms with Gasteiger partial charge in [0, 0.05) is 11.4 Å². The number of rotatable bonds is 5. The Morgan fingerprint density at radius 2 is 2.11 bits per heavy atom. The van der Waals surface area contributed by atoms with Crippen molar-refractivity contribution in [3.8, 4) is 0 Å². The highest BCUT2D eigenvalue weighted by atomic mass is 32.1. The van der Waals surface area contributed by atoms with E-state index in [4.69, 9.17) is 0 Å². The monoisotopic (exact) mass is 266 g/mol. The fourth-order valence-corrected chi connectivity index (χ4v) is 3.50. The molecule has 100 valence electrons. The maximum atomic E-state index is 12.0. The minimum absolute atomic E-state index is 0.101. The van der Waals surface area contributed by atoms with Crippen molar-refractivity contribution >= 4 is 17.2 Å². The number of carbonyl (C=O) groups excluding carboxylic acids is 1. The van der Waals surface area contributed by atoms with Gasteiger partial charge < -0.3 is 10.6 Å². The van der Waals surface area contributed by atoms with Gasteiger partial charge in [-0.25, -0.2) is 0 Å². The van der Waals surface area contributed by atoms with Crippen molar-refractivity contribution in [2.45, 2.75) is 38.5 Å². The van der Waals surface area contributed by atoms with Crippen LogP contribution in [0, 0.1) is 0 Å². The van der Waals surface area contributed by atoms with Crippen LogP contribution in [-0.2, 0) is 12.8 Å². The summed E-state index contributed by atoms with van der Waals surface area (Å²) in [6.45, 7) is 1.70. The molecule has 1 aliphatic rings. The number of carbonyl (C=O) groups is 1. The minimum Gasteiger partial charge on any atom is -0.351 e. The molecule has 0 aromatic carbocycles. The number of hydrogen-bond donors (Lipinski definition) is 2. The molecule has 18 heavy (non-hydrogen) atoms. The Kier molecular flexibility index (Phi) is 5.20. The lowest BCUT2D eigenvalue weighted by atomic mass is 10.1. The highest BCUT2D eigenvalue weighted by molar-refractivity contribution is 7.14. The average molecular weight is 266 g/mol. The van der Waals surface area contributed by atoms with E-state index in [2.05, 4.69) is 16.7 Å². The van der Waals surface area contributed by atoms with Crippen LogP contribution in [0.2, 0.25) is 0 Å². The zero-order valence-corrected chi connectivity index (χ0v) is 11.9. The summed E-state index contributed by atoms with van der Waals surface area (Å²) in [7, 11) is 1.93. The summed E-state index contributed by atoms with van der Waals surface area (Å²) < 4.78 is 0. The largest absolute Gasteiger partial charge is 0.351 e. The van der Waals surface area contributed by atoms with E-state index < -0.39 is 0 Å². The Hall–Kier alpha value is -0.870. The first-order valence-corrected chi connectivity index (χ1v) is 7.67. The molecule has 0 bridgehead atoms. The molecule has 1 amide bonds. The molecule has 0 spiro atoms. The molecule has 2 N–H and O–H groups in total. The Balaban J connectivity index is 1.90. The summed E-state index contributed by atoms with van der Waals surface area (Å²) in [4.78, 5) is 14.3. The van der Waals surface area contributed by atoms with Gasteiger partial charge in [0.1, 0.15) is 0 Å². The summed E-state index contributed by atoms with van der Waals surface area (Å²) in [5.74, 6) is 0.101. The maximum Gasteiger partial charge on any atom is 0.261 e. The Morgan fingerprint density at radius 1 is 1.28 bits per heavy atom. The molecule has 2 rings (SSSR count). The molecular weight excluding hydrogens is 244 g/mol. The van der Waals surface area contributed by atoms with Gasteiger partial charge in [-0.2, -0.15) is 0 Å². The van der Waals surface area contributed by atoms with Crippen LogP contribution in [0.3, 0.4) is 0 Å². The second-order valence-electron chi connectivity index (χ2n) is 4.83. The number of fused-ring (bicyclic) bond motifs is 1. The molecule has 0 atom stereocenters. The molecular formula is C14H22N2OS. The summed E-state index contributed by atoms with van der Waals surface area (Å²) in [6.07, 6.45) is 7.16. The van der Waals surface area contributed by atoms with Crippen molar-refractivity contribution in [3.05, 3.63) is 21.4 Å². The molecule has 0 unspecified atom stereocenters. The van der Waals surface area contributed by atoms with Crippen molar-refractivity contribution < 1.29 is 4.79 Å². The van der Waals surface area contributed by atoms with Gasteiger partial charge in [-0.1, -0.05) is 6.42 Å². The quantitative estimate of drug-likeness (QED) is 0.634. The second kappa shape index (κ2) is 6.90. The number of nitrogens with one attached hydrogen (secondary N) is 2. The summed E-state index contributed by atoms with van der Waals surface area (Å²) in [5.41, 5.74) is 1.41. The molecule has 0 aliphatic heterocycles. The predicted molar refractivity (Wildman–Crippen MR) is 76.5 cm³/mol. The van der Waals surface area contributed by atoms with E-state index >= 15 is 0 Å². The van der Waals surface area contributed by atoms with Gasteiger partial charge in [-0.05, 0) is 57.3 Å². The molecule has 1 aliphatic carbocycles. The lowest BCUT2D eigenvalue weighted by Crippen LogP contribution is -2.25. The van der Waals surface area contributed by atoms with Gasteiger partial charge in [0.2, 0.25) is 0 Å². The number of thiophene rings is 1. The van der Waals surface area contributed by atoms with Crippen LogP contribution in [0.4, 0.5) is 0 Å². The molecule has 1 heterocycles. The third-order valence-corrected chi connectivity index (χ3v) is 4.60. The van der Waals surface area contributed by atoms with E-state index in [1.807, 2.05) is 7.05 Å². The van der Waals surface area contributed by atoms with Crippen molar-refractivity contribution in [2.24, 2.45) is 0 Å². The molecule has 0 fully saturated rings. The topological polar surface area (TPSA) is 41.1 Å². The predicted octanol–water partition coefficient (Wildman–Crippen LogP) is 2.36. The van der Waals surface area contributed by atoms with Gasteiger partial charge in [0.15, 0.2) is 0 Å². The summed E-state index contributed by atoms with van der Waals surface area (Å²) >= 11 is 1.69. The molecule has 1 aromatic rings. The highest BCUT2D eigenvalue weighted by Crippen LogP contribution is 2.28. The standard InChI is InChI=1S/C14H22N2OS/c1-15-8-5-9-16-14(17)13-10-11-6-3-2-4-7-12(11)18-13/h10,15H,2-9H2,1H3,(H,16,17). The first-order valence-electron chi connectivity index (χ1n) is 6.85. The van der Waals surface area contributed by atoms with Crippen LogP contribution in [-0.4, -0.2) is 26.0 Å². The van der Waals surface area contributed by atoms with Gasteiger partial charge in [-0.15, -0.1) is 11.3 Å². The van der Waals surface area contributed by atoms with Gasteiger partial charge in [0.05, 0.1) is 4.88 Å². The fraction of sp³-hybridized carbons (Fsp3) is 0.643. The molecule has 3 nitrogen and oxygen atoms in total. The van der Waals surface area contributed by atoms with Crippen molar-refractivity contribution in [1.82, 2.24) is 10.6 Å². The third-order valence-electron chi connectivity index (χ3n) is 3.36. The van der Waals surface area contributed by atoms with Gasteiger partial charge >= 0.3 is 0 Å². The van der Waals surface area contributed by atoms with Crippen molar-refractivity contribution in [2.75, 3.05) is 20.1 Å². The Bertz CT molecular complexity index is 377. The first-order chi connectivity index (χ1) is 8.81. The number of hydrogen-bond acceptors (Lipinski definition) is 3. The molecule has 0 saturated carbocycles. The zero-order valence-electron chi connectivity index (χ0n) is 11.1. The van der Waals surface area contributed by atoms with Crippen LogP contribution in [0.5, 0.6) is 0 Å². The molecule has 1 aromatic heterocycles. The van der Waals surface area contributed by atoms with Crippen LogP contribution >= 0.6 is 11.3 Å². The Morgan fingerprint density at radius 3 is 2.94 bits per heavy atom. The summed E-state index contributed by atoms with van der Waals surface area (Å²) in [6, 6.07) is 2.11. The van der Waals surface area contributed by atoms with Crippen molar-refractivity contribution in [3.63, 3.8) is 0 Å². The number of aryl methyl sites for hydroxylation is 2. The number of amides is 1. The SMILES string of the molecule is CNCCCNC(=O)c1cc2c(s1)CCCCC2. The first kappa shape index (κ1) is 13.6. The smallest absolute Gasteiger partial charge is 0.261 e. The molecule has 0 radical (unpaired) electrons. The van der Waals surface area contributed by atoms with E-state index in [0.717, 1.165) is 37.2 Å². The van der Waals surface area contributed by atoms with Gasteiger partial charge in [-0.3, -0.25) is 4.79 Å². The average Bonchev–Trinajstić information content (AvgIpc) is 2.66. The van der Waals surface area contributed by atoms with E-state index in [-0.39, 0.29) is 5.91 Å². The van der Waals surface area contributed by atoms with Crippen LogP contribution in [0.15, 0.2) is 6.07 Å². The van der Waals surface area contributed by atoms with E-state index in [1.165, 1.54) is 29.7 Å². The zero-order chi connectivity index (χ0) is 12.8. The van der Waals surface area contributed by atoms with E-state index in [1.54, 1.807) is 11.3 Å². The maximum absolute atomic E-state index is 12.0. The van der Waals surface area contributed by atoms with E-state index in [0.29, 0.717) is 0 Å². The highest BCUT2D eigenvalue weighted by Gasteiger charge is 2.15. The van der Waals surface area contributed by atoms with Crippen LogP contribution in [0.25, 0.3) is 0 Å². The molecule has 4 heteroatoms. The lowest BCUT2D eigenvalue weighted by Gasteiger charge is -2.02. The van der Waals surface area contributed by atoms with Crippen molar-refractivity contribution in [1.29, 1.82) is 0 Å². The fourth-order valence-electron chi connectivity index (χ4n) is 2.33.